The van der Waals surface area contributed by atoms with Crippen molar-refractivity contribution in [2.24, 2.45) is 0 Å². The molecule has 1 aromatic carbocycles. The second-order valence-corrected chi connectivity index (χ2v) is 8.37. The maximum Gasteiger partial charge on any atom is 0.264 e. The third-order valence-electron chi connectivity index (χ3n) is 3.75. The van der Waals surface area contributed by atoms with Crippen LogP contribution >= 0.6 is 0 Å². The van der Waals surface area contributed by atoms with Crippen LogP contribution in [0.3, 0.4) is 0 Å². The maximum atomic E-state index is 12.5. The minimum atomic E-state index is -3.74. The molecular weight excluding hydrogens is 338 g/mol. The summed E-state index contributed by atoms with van der Waals surface area (Å²) < 4.78 is 32.5. The predicted molar refractivity (Wildman–Crippen MR) is 95.7 cm³/mol. The van der Waals surface area contributed by atoms with E-state index in [1.165, 1.54) is 6.07 Å². The number of sulfonamides is 1. The van der Waals surface area contributed by atoms with E-state index in [0.717, 1.165) is 11.1 Å². The molecule has 0 atom stereocenters. The molecule has 0 saturated carbocycles. The van der Waals surface area contributed by atoms with Gasteiger partial charge in [-0.2, -0.15) is 0 Å². The van der Waals surface area contributed by atoms with Gasteiger partial charge in [0, 0.05) is 24.0 Å². The Kier molecular flexibility index (Phi) is 4.34. The van der Waals surface area contributed by atoms with E-state index in [9.17, 15) is 8.42 Å². The van der Waals surface area contributed by atoms with Gasteiger partial charge in [-0.05, 0) is 35.2 Å². The van der Waals surface area contributed by atoms with Crippen LogP contribution in [0.15, 0.2) is 64.3 Å². The first-order valence-corrected chi connectivity index (χ1v) is 9.24. The number of hydrogen-bond acceptors (Lipinski definition) is 5. The molecule has 25 heavy (non-hydrogen) atoms. The summed E-state index contributed by atoms with van der Waals surface area (Å²) in [5, 5.41) is 3.88. The Hall–Kier alpha value is -2.67. The molecule has 2 aromatic heterocycles. The second kappa shape index (κ2) is 6.33. The van der Waals surface area contributed by atoms with E-state index < -0.39 is 10.0 Å². The number of hydrogen-bond donors (Lipinski definition) is 1. The zero-order valence-electron chi connectivity index (χ0n) is 14.2. The Morgan fingerprint density at radius 2 is 1.64 bits per heavy atom. The van der Waals surface area contributed by atoms with Crippen molar-refractivity contribution in [3.63, 3.8) is 0 Å². The lowest BCUT2D eigenvalue weighted by Gasteiger charge is -2.19. The van der Waals surface area contributed by atoms with E-state index in [2.05, 4.69) is 35.6 Å². The number of benzene rings is 1. The average Bonchev–Trinajstić information content (AvgIpc) is 3.03. The van der Waals surface area contributed by atoms with E-state index in [0.29, 0.717) is 5.69 Å². The van der Waals surface area contributed by atoms with Gasteiger partial charge in [0.05, 0.1) is 4.90 Å². The average molecular weight is 357 g/mol. The lowest BCUT2D eigenvalue weighted by molar-refractivity contribution is 0.438. The predicted octanol–water partition coefficient (Wildman–Crippen LogP) is 3.83. The summed E-state index contributed by atoms with van der Waals surface area (Å²) in [6.45, 7) is 6.22. The molecule has 2 heterocycles. The van der Waals surface area contributed by atoms with Gasteiger partial charge in [0.1, 0.15) is 5.69 Å². The van der Waals surface area contributed by atoms with Gasteiger partial charge in [0.2, 0.25) is 5.88 Å². The van der Waals surface area contributed by atoms with Crippen molar-refractivity contribution in [1.82, 2.24) is 10.1 Å². The van der Waals surface area contributed by atoms with Crippen LogP contribution < -0.4 is 4.72 Å². The molecule has 3 rings (SSSR count). The lowest BCUT2D eigenvalue weighted by Crippen LogP contribution is -2.14. The van der Waals surface area contributed by atoms with Crippen molar-refractivity contribution in [1.29, 1.82) is 0 Å². The minimum absolute atomic E-state index is 0.0416. The maximum absolute atomic E-state index is 12.5. The fourth-order valence-electron chi connectivity index (χ4n) is 2.31. The van der Waals surface area contributed by atoms with Gasteiger partial charge in [-0.1, -0.05) is 38.1 Å². The van der Waals surface area contributed by atoms with Gasteiger partial charge in [-0.25, -0.2) is 13.1 Å². The monoisotopic (exact) mass is 357 g/mol. The summed E-state index contributed by atoms with van der Waals surface area (Å²) in [6.07, 6.45) is 3.26. The summed E-state index contributed by atoms with van der Waals surface area (Å²) >= 11 is 0. The van der Waals surface area contributed by atoms with Gasteiger partial charge < -0.3 is 4.52 Å². The molecule has 0 fully saturated rings. The van der Waals surface area contributed by atoms with Crippen molar-refractivity contribution >= 4 is 15.9 Å². The van der Waals surface area contributed by atoms with E-state index >= 15 is 0 Å². The topological polar surface area (TPSA) is 85.1 Å². The summed E-state index contributed by atoms with van der Waals surface area (Å²) in [5.41, 5.74) is 2.34. The highest BCUT2D eigenvalue weighted by molar-refractivity contribution is 7.92. The van der Waals surface area contributed by atoms with Crippen LogP contribution in [-0.4, -0.2) is 18.6 Å². The molecular formula is C18H19N3O3S. The summed E-state index contributed by atoms with van der Waals surface area (Å²) in [5.74, 6) is 0.0618. The third kappa shape index (κ3) is 3.88. The quantitative estimate of drug-likeness (QED) is 0.767. The lowest BCUT2D eigenvalue weighted by atomic mass is 9.87. The number of anilines is 1. The summed E-state index contributed by atoms with van der Waals surface area (Å²) in [6, 6.07) is 11.9. The van der Waals surface area contributed by atoms with Crippen molar-refractivity contribution < 1.29 is 12.9 Å². The van der Waals surface area contributed by atoms with Crippen LogP contribution in [0.1, 0.15) is 26.3 Å². The molecule has 7 heteroatoms. The first kappa shape index (κ1) is 17.2. The highest BCUT2D eigenvalue weighted by atomic mass is 32.2. The normalized spacial score (nSPS) is 12.1. The Morgan fingerprint density at radius 3 is 2.24 bits per heavy atom. The van der Waals surface area contributed by atoms with Crippen molar-refractivity contribution in [3.8, 4) is 11.3 Å². The zero-order chi connectivity index (χ0) is 18.1. The van der Waals surface area contributed by atoms with Crippen LogP contribution in [0.5, 0.6) is 0 Å². The van der Waals surface area contributed by atoms with E-state index in [1.807, 2.05) is 12.1 Å². The first-order chi connectivity index (χ1) is 11.8. The number of aromatic nitrogens is 2. The largest absolute Gasteiger partial charge is 0.337 e. The molecule has 0 radical (unpaired) electrons. The van der Waals surface area contributed by atoms with Crippen LogP contribution in [0.4, 0.5) is 5.88 Å². The summed E-state index contributed by atoms with van der Waals surface area (Å²) in [7, 11) is -3.74. The van der Waals surface area contributed by atoms with Crippen molar-refractivity contribution in [2.45, 2.75) is 31.1 Å². The Balaban J connectivity index is 1.81. The Morgan fingerprint density at radius 1 is 1.00 bits per heavy atom. The molecule has 1 N–H and O–H groups in total. The number of nitrogens with zero attached hydrogens (tertiary/aromatic N) is 2. The van der Waals surface area contributed by atoms with Gasteiger partial charge in [0.15, 0.2) is 0 Å². The molecule has 0 aliphatic heterocycles. The fourth-order valence-corrected chi connectivity index (χ4v) is 3.28. The smallest absolute Gasteiger partial charge is 0.264 e. The SMILES string of the molecule is CC(C)(C)c1ccc(S(=O)(=O)Nc2cc(-c3ccncc3)no2)cc1. The van der Waals surface area contributed by atoms with Crippen LogP contribution in [0.2, 0.25) is 0 Å². The van der Waals surface area contributed by atoms with Crippen LogP contribution in [-0.2, 0) is 15.4 Å². The molecule has 0 saturated heterocycles. The molecule has 0 amide bonds. The van der Waals surface area contributed by atoms with E-state index in [1.54, 1.807) is 36.7 Å². The van der Waals surface area contributed by atoms with E-state index in [4.69, 9.17) is 4.52 Å². The summed E-state index contributed by atoms with van der Waals surface area (Å²) in [4.78, 5) is 4.10. The number of rotatable bonds is 4. The molecule has 6 nitrogen and oxygen atoms in total. The molecule has 0 spiro atoms. The fraction of sp³-hybridized carbons (Fsp3) is 0.222. The van der Waals surface area contributed by atoms with Crippen molar-refractivity contribution in [2.75, 3.05) is 4.72 Å². The van der Waals surface area contributed by atoms with Gasteiger partial charge in [0.25, 0.3) is 10.0 Å². The standard InChI is InChI=1S/C18H19N3O3S/c1-18(2,3)14-4-6-15(7-5-14)25(22,23)21-17-12-16(20-24-17)13-8-10-19-11-9-13/h4-12,21H,1-3H3. The molecule has 0 aliphatic rings. The Labute approximate surface area is 147 Å². The molecule has 3 aromatic rings. The highest BCUT2D eigenvalue weighted by Crippen LogP contribution is 2.25. The highest BCUT2D eigenvalue weighted by Gasteiger charge is 2.19. The zero-order valence-corrected chi connectivity index (χ0v) is 15.0. The third-order valence-corrected chi connectivity index (χ3v) is 5.11. The number of pyridine rings is 1. The van der Waals surface area contributed by atoms with Crippen LogP contribution in [0.25, 0.3) is 11.3 Å². The van der Waals surface area contributed by atoms with Gasteiger partial charge in [-0.3, -0.25) is 4.98 Å². The number of nitrogens with one attached hydrogen (secondary N) is 1. The first-order valence-electron chi connectivity index (χ1n) is 7.76. The minimum Gasteiger partial charge on any atom is -0.337 e. The van der Waals surface area contributed by atoms with E-state index in [-0.39, 0.29) is 16.2 Å². The molecule has 0 unspecified atom stereocenters. The Bertz CT molecular complexity index is 957. The molecule has 0 bridgehead atoms. The second-order valence-electron chi connectivity index (χ2n) is 6.69. The molecule has 0 aliphatic carbocycles. The molecule has 130 valence electrons. The van der Waals surface area contributed by atoms with Crippen molar-refractivity contribution in [3.05, 3.63) is 60.4 Å². The van der Waals surface area contributed by atoms with Gasteiger partial charge in [-0.15, -0.1) is 0 Å². The van der Waals surface area contributed by atoms with Crippen LogP contribution in [0, 0.1) is 0 Å². The van der Waals surface area contributed by atoms with Gasteiger partial charge >= 0.3 is 0 Å².